The van der Waals surface area contributed by atoms with Crippen LogP contribution in [0.1, 0.15) is 12.0 Å². The first-order valence-corrected chi connectivity index (χ1v) is 13.0. The zero-order chi connectivity index (χ0) is 20.4. The van der Waals surface area contributed by atoms with E-state index in [4.69, 9.17) is 0 Å². The summed E-state index contributed by atoms with van der Waals surface area (Å²) < 4.78 is 0. The molecule has 34 heavy (non-hydrogen) atoms. The Balaban J connectivity index is 0.000000913. The fourth-order valence-electron chi connectivity index (χ4n) is 5.80. The fraction of sp³-hybridized carbons (Fsp3) is 0.0333. The Hall–Kier alpha value is -2.26. The molecule has 0 aromatic heterocycles. The van der Waals surface area contributed by atoms with Crippen molar-refractivity contribution in [2.45, 2.75) is 6.42 Å². The Kier molecular flexibility index (Phi) is 6.88. The Morgan fingerprint density at radius 3 is 1.94 bits per heavy atom. The predicted molar refractivity (Wildman–Crippen MR) is 136 cm³/mol. The Bertz CT molecular complexity index is 1510. The predicted octanol–water partition coefficient (Wildman–Crippen LogP) is -1.25. The van der Waals surface area contributed by atoms with E-state index in [2.05, 4.69) is 115 Å². The third-order valence-electron chi connectivity index (χ3n) is 7.14. The molecular weight excluding hydrogens is 507 g/mol. The minimum Gasteiger partial charge on any atom is -1.00 e. The summed E-state index contributed by atoms with van der Waals surface area (Å²) in [6.07, 6.45) is 7.88. The van der Waals surface area contributed by atoms with Crippen LogP contribution in [0.15, 0.2) is 115 Å². The molecule has 163 valence electrons. The van der Waals surface area contributed by atoms with Crippen LogP contribution in [0.2, 0.25) is 0 Å². The molecule has 0 fully saturated rings. The first-order chi connectivity index (χ1) is 15.4. The SMILES string of the molecule is C1=CCC(c2c3c(cc4c2[cH-]c2ccccc24)[Si]3(c2ccccc2)c2ccccc2)=C1.[Cl-].[Cl-].[Ti+3]. The van der Waals surface area contributed by atoms with E-state index in [0.717, 1.165) is 6.42 Å². The van der Waals surface area contributed by atoms with E-state index < -0.39 is 8.07 Å². The molecule has 1 aliphatic heterocycles. The van der Waals surface area contributed by atoms with E-state index in [1.807, 2.05) is 0 Å². The van der Waals surface area contributed by atoms with Gasteiger partial charge in [-0.3, -0.25) is 0 Å². The van der Waals surface area contributed by atoms with Crippen molar-refractivity contribution in [3.05, 3.63) is 121 Å². The van der Waals surface area contributed by atoms with Gasteiger partial charge in [0.1, 0.15) is 0 Å². The third kappa shape index (κ3) is 3.34. The second-order valence-corrected chi connectivity index (χ2v) is 12.4. The van der Waals surface area contributed by atoms with Gasteiger partial charge in [0.15, 0.2) is 8.07 Å². The van der Waals surface area contributed by atoms with Crippen molar-refractivity contribution in [2.75, 3.05) is 0 Å². The molecule has 2 aliphatic rings. The summed E-state index contributed by atoms with van der Waals surface area (Å²) in [6.45, 7) is 0. The largest absolute Gasteiger partial charge is 3.00 e. The third-order valence-corrected chi connectivity index (χ3v) is 11.8. The summed E-state index contributed by atoms with van der Waals surface area (Å²) in [5.41, 5.74) is 2.98. The number of benzene rings is 4. The van der Waals surface area contributed by atoms with Crippen LogP contribution in [0, 0.1) is 0 Å². The minimum absolute atomic E-state index is 0. The fourth-order valence-corrected chi connectivity index (χ4v) is 10.9. The van der Waals surface area contributed by atoms with Gasteiger partial charge in [-0.1, -0.05) is 125 Å². The Morgan fingerprint density at radius 1 is 0.706 bits per heavy atom. The van der Waals surface area contributed by atoms with Gasteiger partial charge in [0.05, 0.1) is 0 Å². The van der Waals surface area contributed by atoms with Gasteiger partial charge in [0.2, 0.25) is 0 Å². The molecule has 5 aromatic carbocycles. The van der Waals surface area contributed by atoms with Crippen LogP contribution < -0.4 is 45.6 Å². The molecule has 0 unspecified atom stereocenters. The molecule has 5 aromatic rings. The molecule has 0 nitrogen and oxygen atoms in total. The maximum atomic E-state index is 2.53. The van der Waals surface area contributed by atoms with Gasteiger partial charge in [-0.25, -0.2) is 0 Å². The van der Waals surface area contributed by atoms with E-state index in [-0.39, 0.29) is 46.5 Å². The molecule has 1 aliphatic carbocycles. The smallest absolute Gasteiger partial charge is 1.00 e. The molecule has 1 heterocycles. The van der Waals surface area contributed by atoms with Gasteiger partial charge in [-0.05, 0) is 16.8 Å². The molecule has 7 rings (SSSR count). The second kappa shape index (κ2) is 9.42. The van der Waals surface area contributed by atoms with E-state index in [0.29, 0.717) is 0 Å². The Morgan fingerprint density at radius 2 is 1.32 bits per heavy atom. The van der Waals surface area contributed by atoms with Crippen LogP contribution in [-0.4, -0.2) is 8.07 Å². The zero-order valence-corrected chi connectivity index (χ0v) is 22.5. The van der Waals surface area contributed by atoms with Crippen molar-refractivity contribution in [2.24, 2.45) is 0 Å². The van der Waals surface area contributed by atoms with Crippen LogP contribution in [0.3, 0.4) is 0 Å². The number of halogens is 2. The van der Waals surface area contributed by atoms with Crippen molar-refractivity contribution < 1.29 is 46.5 Å². The van der Waals surface area contributed by atoms with Crippen LogP contribution >= 0.6 is 0 Å². The second-order valence-electron chi connectivity index (χ2n) is 8.67. The number of hydrogen-bond donors (Lipinski definition) is 0. The maximum absolute atomic E-state index is 2.53. The van der Waals surface area contributed by atoms with Gasteiger partial charge in [0, 0.05) is 0 Å². The van der Waals surface area contributed by atoms with Crippen molar-refractivity contribution in [3.8, 4) is 0 Å². The number of allylic oxidation sites excluding steroid dienone is 4. The van der Waals surface area contributed by atoms with Crippen molar-refractivity contribution in [1.29, 1.82) is 0 Å². The first kappa shape index (κ1) is 24.9. The van der Waals surface area contributed by atoms with Crippen LogP contribution in [0.4, 0.5) is 0 Å². The normalized spacial score (nSPS) is 14.5. The molecule has 0 spiro atoms. The average molecular weight is 528 g/mol. The summed E-state index contributed by atoms with van der Waals surface area (Å²) >= 11 is 0. The monoisotopic (exact) mass is 527 g/mol. The summed E-state index contributed by atoms with van der Waals surface area (Å²) in [6, 6.07) is 36.3. The van der Waals surface area contributed by atoms with Gasteiger partial charge in [-0.15, -0.1) is 33.7 Å². The van der Waals surface area contributed by atoms with Crippen molar-refractivity contribution in [1.82, 2.24) is 0 Å². The summed E-state index contributed by atoms with van der Waals surface area (Å²) in [4.78, 5) is 0. The van der Waals surface area contributed by atoms with Gasteiger partial charge in [0.25, 0.3) is 0 Å². The van der Waals surface area contributed by atoms with Crippen molar-refractivity contribution >= 4 is 55.9 Å². The molecule has 0 atom stereocenters. The molecule has 4 heteroatoms. The first-order valence-electron chi connectivity index (χ1n) is 11.0. The van der Waals surface area contributed by atoms with Crippen LogP contribution in [0.5, 0.6) is 0 Å². The van der Waals surface area contributed by atoms with E-state index in [1.165, 1.54) is 43.1 Å². The number of hydrogen-bond acceptors (Lipinski definition) is 0. The molecular formula is C30H21Cl2SiTi. The molecule has 0 saturated heterocycles. The molecule has 0 bridgehead atoms. The topological polar surface area (TPSA) is 0 Å². The van der Waals surface area contributed by atoms with Crippen LogP contribution in [-0.2, 0) is 21.7 Å². The van der Waals surface area contributed by atoms with Gasteiger partial charge in [-0.2, -0.15) is 0 Å². The summed E-state index contributed by atoms with van der Waals surface area (Å²) in [7, 11) is -2.11. The summed E-state index contributed by atoms with van der Waals surface area (Å²) in [5, 5.41) is 11.8. The van der Waals surface area contributed by atoms with Crippen molar-refractivity contribution in [3.63, 3.8) is 0 Å². The molecule has 0 saturated carbocycles. The number of rotatable bonds is 3. The van der Waals surface area contributed by atoms with E-state index in [9.17, 15) is 0 Å². The average Bonchev–Trinajstić information content (AvgIpc) is 3.13. The van der Waals surface area contributed by atoms with E-state index in [1.54, 1.807) is 10.4 Å². The minimum atomic E-state index is -2.11. The summed E-state index contributed by atoms with van der Waals surface area (Å²) in [5.74, 6) is 0. The maximum Gasteiger partial charge on any atom is 3.00 e. The van der Waals surface area contributed by atoms with E-state index >= 15 is 0 Å². The molecule has 0 N–H and O–H groups in total. The quantitative estimate of drug-likeness (QED) is 0.199. The molecule has 1 radical (unpaired) electrons. The van der Waals surface area contributed by atoms with Gasteiger partial charge < -0.3 is 24.8 Å². The molecule has 0 amide bonds. The Labute approximate surface area is 228 Å². The van der Waals surface area contributed by atoms with Crippen LogP contribution in [0.25, 0.3) is 27.1 Å². The zero-order valence-electron chi connectivity index (χ0n) is 18.4. The number of fused-ring (bicyclic) bond motifs is 4. The van der Waals surface area contributed by atoms with Gasteiger partial charge >= 0.3 is 21.7 Å². The standard InChI is InChI=1S/C30H21Si.2ClH.Ti/c1-3-14-23(15-4-1)31(24-16-5-2-6-17-24)28-20-26-25-18-10-9-13-22(25)19-27(26)29(30(28)31)21-11-7-8-12-21;;;/h1-11,13-20H,12H2;2*1H;/q-1;;;+3/p-2.